The zero-order valence-electron chi connectivity index (χ0n) is 18.3. The Labute approximate surface area is 189 Å². The van der Waals surface area contributed by atoms with Crippen LogP contribution in [0.15, 0.2) is 47.2 Å². The highest BCUT2D eigenvalue weighted by molar-refractivity contribution is 5.87. The summed E-state index contributed by atoms with van der Waals surface area (Å²) in [6.07, 6.45) is 3.71. The van der Waals surface area contributed by atoms with E-state index in [1.165, 1.54) is 4.90 Å². The van der Waals surface area contributed by atoms with Crippen LogP contribution in [0.4, 0.5) is 11.8 Å². The van der Waals surface area contributed by atoms with Gasteiger partial charge in [0.1, 0.15) is 5.69 Å². The van der Waals surface area contributed by atoms with Crippen molar-refractivity contribution < 1.29 is 14.4 Å². The molecule has 0 radical (unpaired) electrons. The zero-order valence-corrected chi connectivity index (χ0v) is 18.3. The molecule has 1 amide bonds. The lowest BCUT2D eigenvalue weighted by molar-refractivity contribution is -0.144. The van der Waals surface area contributed by atoms with Crippen molar-refractivity contribution in [2.24, 2.45) is 7.05 Å². The van der Waals surface area contributed by atoms with E-state index in [0.717, 1.165) is 5.56 Å². The van der Waals surface area contributed by atoms with Gasteiger partial charge in [0, 0.05) is 51.6 Å². The fourth-order valence-electron chi connectivity index (χ4n) is 3.76. The molecule has 0 saturated carbocycles. The van der Waals surface area contributed by atoms with Crippen LogP contribution < -0.4 is 5.32 Å². The number of aryl methyl sites for hydroxylation is 2. The third-order valence-corrected chi connectivity index (χ3v) is 5.53. The van der Waals surface area contributed by atoms with Crippen molar-refractivity contribution in [2.75, 3.05) is 18.9 Å². The van der Waals surface area contributed by atoms with Crippen molar-refractivity contribution in [1.82, 2.24) is 34.8 Å². The quantitative estimate of drug-likeness (QED) is 0.472. The van der Waals surface area contributed by atoms with E-state index in [0.29, 0.717) is 41.1 Å². The third kappa shape index (κ3) is 3.82. The van der Waals surface area contributed by atoms with Crippen molar-refractivity contribution in [2.45, 2.75) is 18.9 Å². The molecule has 33 heavy (non-hydrogen) atoms. The van der Waals surface area contributed by atoms with E-state index in [-0.39, 0.29) is 12.2 Å². The van der Waals surface area contributed by atoms with Gasteiger partial charge in [0.05, 0.1) is 17.1 Å². The predicted molar refractivity (Wildman–Crippen MR) is 118 cm³/mol. The minimum absolute atomic E-state index is 0.112. The van der Waals surface area contributed by atoms with Crippen LogP contribution in [-0.2, 0) is 17.4 Å². The molecule has 0 aliphatic carbocycles. The van der Waals surface area contributed by atoms with Gasteiger partial charge >= 0.3 is 0 Å². The summed E-state index contributed by atoms with van der Waals surface area (Å²) in [4.78, 5) is 27.3. The second-order valence-corrected chi connectivity index (χ2v) is 8.09. The molecule has 1 saturated heterocycles. The van der Waals surface area contributed by atoms with Crippen molar-refractivity contribution in [1.29, 1.82) is 0 Å². The Morgan fingerprint density at radius 3 is 2.58 bits per heavy atom. The van der Waals surface area contributed by atoms with Crippen LogP contribution in [0.25, 0.3) is 22.8 Å². The van der Waals surface area contributed by atoms with E-state index in [1.807, 2.05) is 38.4 Å². The number of likely N-dealkylation sites (N-methyl/N-ethyl adjacent to an activating group) is 1. The second kappa shape index (κ2) is 7.78. The number of carbonyl (C=O) groups excluding carboxylic acids is 1. The Morgan fingerprint density at radius 2 is 1.88 bits per heavy atom. The molecule has 0 bridgehead atoms. The molecule has 1 fully saturated rings. The number of nitrogens with one attached hydrogen (secondary N) is 1. The first-order chi connectivity index (χ1) is 15.8. The molecule has 2 N–H and O–H groups in total. The SMILES string of the molecule is Cc1cc(-c2cc([C@]3(O)CCN(C)C3=O)on2)nc(-c2ccnc(Nc3ccn(C)n3)n2)c1. The Bertz CT molecular complexity index is 1350. The number of pyridine rings is 1. The molecular weight excluding hydrogens is 424 g/mol. The third-order valence-electron chi connectivity index (χ3n) is 5.53. The zero-order chi connectivity index (χ0) is 23.2. The summed E-state index contributed by atoms with van der Waals surface area (Å²) in [7, 11) is 3.47. The molecule has 0 spiro atoms. The average Bonchev–Trinajstić information content (AvgIpc) is 3.51. The maximum Gasteiger partial charge on any atom is 0.262 e. The van der Waals surface area contributed by atoms with E-state index in [1.54, 1.807) is 30.1 Å². The van der Waals surface area contributed by atoms with E-state index in [2.05, 4.69) is 30.5 Å². The van der Waals surface area contributed by atoms with Crippen LogP contribution in [0.1, 0.15) is 17.7 Å². The minimum Gasteiger partial charge on any atom is -0.373 e. The first-order valence-corrected chi connectivity index (χ1v) is 10.4. The second-order valence-electron chi connectivity index (χ2n) is 8.09. The molecule has 1 atom stereocenters. The number of hydrogen-bond donors (Lipinski definition) is 2. The number of rotatable bonds is 5. The van der Waals surface area contributed by atoms with Gasteiger partial charge in [-0.2, -0.15) is 5.10 Å². The Balaban J connectivity index is 1.46. The van der Waals surface area contributed by atoms with Crippen molar-refractivity contribution in [3.8, 4) is 22.8 Å². The van der Waals surface area contributed by atoms with E-state index < -0.39 is 11.5 Å². The van der Waals surface area contributed by atoms with Crippen LogP contribution in [0.3, 0.4) is 0 Å². The van der Waals surface area contributed by atoms with Gasteiger partial charge in [0.25, 0.3) is 5.91 Å². The fraction of sp³-hybridized carbons (Fsp3) is 0.273. The number of amides is 1. The van der Waals surface area contributed by atoms with Crippen molar-refractivity contribution in [3.63, 3.8) is 0 Å². The maximum absolute atomic E-state index is 12.4. The molecule has 11 heteroatoms. The largest absolute Gasteiger partial charge is 0.373 e. The molecule has 5 rings (SSSR count). The van der Waals surface area contributed by atoms with E-state index >= 15 is 0 Å². The Morgan fingerprint density at radius 1 is 1.09 bits per heavy atom. The van der Waals surface area contributed by atoms with Gasteiger partial charge in [-0.05, 0) is 30.7 Å². The predicted octanol–water partition coefficient (Wildman–Crippen LogP) is 2.03. The number of carbonyl (C=O) groups is 1. The highest BCUT2D eigenvalue weighted by Gasteiger charge is 2.48. The van der Waals surface area contributed by atoms with E-state index in [9.17, 15) is 9.90 Å². The van der Waals surface area contributed by atoms with Crippen molar-refractivity contribution >= 4 is 17.7 Å². The van der Waals surface area contributed by atoms with Crippen LogP contribution in [0.2, 0.25) is 0 Å². The number of hydrogen-bond acceptors (Lipinski definition) is 9. The van der Waals surface area contributed by atoms with Crippen molar-refractivity contribution in [3.05, 3.63) is 54.0 Å². The minimum atomic E-state index is -1.70. The molecular formula is C22H22N8O3. The summed E-state index contributed by atoms with van der Waals surface area (Å²) in [6.45, 7) is 2.38. The van der Waals surface area contributed by atoms with Gasteiger partial charge in [-0.3, -0.25) is 9.48 Å². The lowest BCUT2D eigenvalue weighted by atomic mass is 9.98. The molecule has 0 unspecified atom stereocenters. The Hall–Kier alpha value is -4.12. The number of aliphatic hydroxyl groups is 1. The summed E-state index contributed by atoms with van der Waals surface area (Å²) in [5.74, 6) is 0.733. The molecule has 4 aromatic heterocycles. The number of aromatic nitrogens is 6. The van der Waals surface area contributed by atoms with Gasteiger partial charge in [0.15, 0.2) is 11.6 Å². The summed E-state index contributed by atoms with van der Waals surface area (Å²) in [5, 5.41) is 22.2. The highest BCUT2D eigenvalue weighted by atomic mass is 16.5. The Kier molecular flexibility index (Phi) is 4.90. The lowest BCUT2D eigenvalue weighted by Gasteiger charge is -2.16. The topological polar surface area (TPSA) is 135 Å². The van der Waals surface area contributed by atoms with Crippen LogP contribution in [0.5, 0.6) is 0 Å². The first-order valence-electron chi connectivity index (χ1n) is 10.4. The smallest absolute Gasteiger partial charge is 0.262 e. The number of likely N-dealkylation sites (tertiary alicyclic amines) is 1. The molecule has 11 nitrogen and oxygen atoms in total. The van der Waals surface area contributed by atoms with Gasteiger partial charge in [-0.1, -0.05) is 5.16 Å². The van der Waals surface area contributed by atoms with Gasteiger partial charge < -0.3 is 19.8 Å². The van der Waals surface area contributed by atoms with Gasteiger partial charge in [-0.15, -0.1) is 0 Å². The van der Waals surface area contributed by atoms with Crippen LogP contribution in [-0.4, -0.2) is 59.4 Å². The van der Waals surface area contributed by atoms with E-state index in [4.69, 9.17) is 4.52 Å². The highest BCUT2D eigenvalue weighted by Crippen LogP contribution is 2.35. The number of anilines is 2. The monoisotopic (exact) mass is 446 g/mol. The summed E-state index contributed by atoms with van der Waals surface area (Å²) in [5.41, 5.74) is 1.44. The molecule has 1 aliphatic heterocycles. The molecule has 168 valence electrons. The summed E-state index contributed by atoms with van der Waals surface area (Å²) in [6, 6.07) is 8.91. The lowest BCUT2D eigenvalue weighted by Crippen LogP contribution is -2.35. The van der Waals surface area contributed by atoms with Gasteiger partial charge in [0.2, 0.25) is 11.5 Å². The molecule has 0 aromatic carbocycles. The molecule has 1 aliphatic rings. The summed E-state index contributed by atoms with van der Waals surface area (Å²) >= 11 is 0. The van der Waals surface area contributed by atoms with Crippen LogP contribution >= 0.6 is 0 Å². The normalized spacial score (nSPS) is 18.2. The maximum atomic E-state index is 12.4. The molecule has 4 aromatic rings. The molecule has 5 heterocycles. The average molecular weight is 446 g/mol. The summed E-state index contributed by atoms with van der Waals surface area (Å²) < 4.78 is 7.05. The fourth-order valence-corrected chi connectivity index (χ4v) is 3.76. The standard InChI is InChI=1S/C22H22N8O3/c1-13-10-15(14-4-7-23-21(25-14)26-19-5-8-30(3)27-19)24-16(11-13)17-12-18(33-28-17)22(32)6-9-29(2)20(22)31/h4-5,7-8,10-12,32H,6,9H2,1-3H3,(H,23,25,26,27)/t22-/m1/s1. The first kappa shape index (κ1) is 20.8. The van der Waals surface area contributed by atoms with Crippen LogP contribution in [0, 0.1) is 6.92 Å². The number of nitrogens with zero attached hydrogens (tertiary/aromatic N) is 7. The van der Waals surface area contributed by atoms with Gasteiger partial charge in [-0.25, -0.2) is 15.0 Å².